The Labute approximate surface area is 107 Å². The van der Waals surface area contributed by atoms with Crippen molar-refractivity contribution in [3.05, 3.63) is 29.3 Å². The molecule has 1 nitrogen and oxygen atoms in total. The van der Waals surface area contributed by atoms with E-state index in [2.05, 4.69) is 4.74 Å². The van der Waals surface area contributed by atoms with Crippen LogP contribution in [0.4, 0.5) is 13.2 Å². The fourth-order valence-electron chi connectivity index (χ4n) is 1.42. The van der Waals surface area contributed by atoms with Gasteiger partial charge in [0.05, 0.1) is 0 Å². The minimum Gasteiger partial charge on any atom is -0.406 e. The van der Waals surface area contributed by atoms with E-state index in [4.69, 9.17) is 23.2 Å². The Balaban J connectivity index is 2.84. The SMILES string of the molecule is FC(F)(F)Oc1ccc(CCCCl)c(CCl)c1. The molecule has 0 aliphatic heterocycles. The standard InChI is InChI=1S/C11H11Cl2F3O/c12-5-1-2-8-3-4-10(6-9(8)7-13)17-11(14,15)16/h3-4,6H,1-2,5,7H2. The predicted octanol–water partition coefficient (Wildman–Crippen LogP) is 4.50. The van der Waals surface area contributed by atoms with Crippen LogP contribution < -0.4 is 4.74 Å². The number of hydrogen-bond acceptors (Lipinski definition) is 1. The molecule has 0 aliphatic carbocycles. The van der Waals surface area contributed by atoms with E-state index in [0.29, 0.717) is 17.9 Å². The molecule has 0 aromatic heterocycles. The van der Waals surface area contributed by atoms with Crippen molar-refractivity contribution in [3.63, 3.8) is 0 Å². The van der Waals surface area contributed by atoms with Crippen LogP contribution in [0.15, 0.2) is 18.2 Å². The van der Waals surface area contributed by atoms with Crippen LogP contribution in [0.2, 0.25) is 0 Å². The molecule has 0 amide bonds. The van der Waals surface area contributed by atoms with Gasteiger partial charge in [0.15, 0.2) is 0 Å². The molecule has 0 saturated carbocycles. The van der Waals surface area contributed by atoms with Crippen LogP contribution in [-0.2, 0) is 12.3 Å². The Morgan fingerprint density at radius 2 is 1.82 bits per heavy atom. The van der Waals surface area contributed by atoms with Crippen molar-refractivity contribution < 1.29 is 17.9 Å². The zero-order chi connectivity index (χ0) is 12.9. The molecule has 1 aromatic rings. The summed E-state index contributed by atoms with van der Waals surface area (Å²) in [5, 5.41) is 0. The first-order chi connectivity index (χ1) is 7.96. The van der Waals surface area contributed by atoms with Crippen molar-refractivity contribution in [1.82, 2.24) is 0 Å². The van der Waals surface area contributed by atoms with Gasteiger partial charge < -0.3 is 4.74 Å². The summed E-state index contributed by atoms with van der Waals surface area (Å²) >= 11 is 11.2. The maximum Gasteiger partial charge on any atom is 0.573 e. The second-order valence-corrected chi connectivity index (χ2v) is 4.05. The van der Waals surface area contributed by atoms with Crippen LogP contribution in [0.25, 0.3) is 0 Å². The number of halogens is 5. The lowest BCUT2D eigenvalue weighted by atomic mass is 10.0. The van der Waals surface area contributed by atoms with E-state index in [0.717, 1.165) is 12.0 Å². The van der Waals surface area contributed by atoms with Gasteiger partial charge in [0, 0.05) is 11.8 Å². The summed E-state index contributed by atoms with van der Waals surface area (Å²) in [5.74, 6) is 0.401. The maximum atomic E-state index is 12.0. The highest BCUT2D eigenvalue weighted by atomic mass is 35.5. The summed E-state index contributed by atoms with van der Waals surface area (Å²) in [6.45, 7) is 0. The number of hydrogen-bond donors (Lipinski definition) is 0. The van der Waals surface area contributed by atoms with E-state index in [1.54, 1.807) is 6.07 Å². The van der Waals surface area contributed by atoms with Crippen molar-refractivity contribution in [3.8, 4) is 5.75 Å². The van der Waals surface area contributed by atoms with Gasteiger partial charge in [-0.2, -0.15) is 0 Å². The molecule has 0 aliphatic rings. The Morgan fingerprint density at radius 1 is 1.12 bits per heavy atom. The first-order valence-corrected chi connectivity index (χ1v) is 6.02. The Hall–Kier alpha value is -0.610. The molecule has 0 bridgehead atoms. The molecule has 1 rings (SSSR count). The lowest BCUT2D eigenvalue weighted by Gasteiger charge is -2.12. The van der Waals surface area contributed by atoms with Gasteiger partial charge in [0.1, 0.15) is 5.75 Å². The predicted molar refractivity (Wildman–Crippen MR) is 61.7 cm³/mol. The van der Waals surface area contributed by atoms with Crippen molar-refractivity contribution in [2.24, 2.45) is 0 Å². The summed E-state index contributed by atoms with van der Waals surface area (Å²) in [5.41, 5.74) is 1.54. The van der Waals surface area contributed by atoms with Crippen LogP contribution in [-0.4, -0.2) is 12.2 Å². The fourth-order valence-corrected chi connectivity index (χ4v) is 1.81. The summed E-state index contributed by atoms with van der Waals surface area (Å²) in [6, 6.07) is 4.18. The largest absolute Gasteiger partial charge is 0.573 e. The van der Waals surface area contributed by atoms with Crippen LogP contribution in [0.5, 0.6) is 5.75 Å². The molecular formula is C11H11Cl2F3O. The normalized spacial score (nSPS) is 11.6. The minimum atomic E-state index is -4.68. The summed E-state index contributed by atoms with van der Waals surface area (Å²) in [6.07, 6.45) is -3.23. The second kappa shape index (κ2) is 6.36. The average Bonchev–Trinajstić information content (AvgIpc) is 2.25. The molecule has 0 spiro atoms. The van der Waals surface area contributed by atoms with Gasteiger partial charge in [-0.05, 0) is 36.1 Å². The van der Waals surface area contributed by atoms with E-state index < -0.39 is 6.36 Å². The number of aryl methyl sites for hydroxylation is 1. The summed E-state index contributed by atoms with van der Waals surface area (Å²) in [4.78, 5) is 0. The molecule has 1 aromatic carbocycles. The quantitative estimate of drug-likeness (QED) is 0.725. The second-order valence-electron chi connectivity index (χ2n) is 3.40. The number of benzene rings is 1. The van der Waals surface area contributed by atoms with E-state index in [1.165, 1.54) is 12.1 Å². The first kappa shape index (κ1) is 14.5. The molecule has 0 saturated heterocycles. The molecule has 96 valence electrons. The Kier molecular flexibility index (Phi) is 5.40. The van der Waals surface area contributed by atoms with Crippen molar-refractivity contribution in [2.75, 3.05) is 5.88 Å². The third-order valence-corrected chi connectivity index (χ3v) is 2.69. The molecule has 0 fully saturated rings. The summed E-state index contributed by atoms with van der Waals surface area (Å²) in [7, 11) is 0. The van der Waals surface area contributed by atoms with Gasteiger partial charge in [0.2, 0.25) is 0 Å². The van der Waals surface area contributed by atoms with Crippen LogP contribution in [0.3, 0.4) is 0 Å². The van der Waals surface area contributed by atoms with E-state index >= 15 is 0 Å². The van der Waals surface area contributed by atoms with Gasteiger partial charge in [-0.15, -0.1) is 36.4 Å². The third kappa shape index (κ3) is 5.04. The van der Waals surface area contributed by atoms with E-state index in [9.17, 15) is 13.2 Å². The molecule has 17 heavy (non-hydrogen) atoms. The number of rotatable bonds is 5. The smallest absolute Gasteiger partial charge is 0.406 e. The topological polar surface area (TPSA) is 9.23 Å². The van der Waals surface area contributed by atoms with Crippen molar-refractivity contribution in [1.29, 1.82) is 0 Å². The van der Waals surface area contributed by atoms with E-state index in [1.807, 2.05) is 0 Å². The van der Waals surface area contributed by atoms with Gasteiger partial charge in [0.25, 0.3) is 0 Å². The minimum absolute atomic E-state index is 0.146. The van der Waals surface area contributed by atoms with Crippen LogP contribution in [0.1, 0.15) is 17.5 Å². The van der Waals surface area contributed by atoms with Gasteiger partial charge in [-0.1, -0.05) is 6.07 Å². The molecule has 0 heterocycles. The highest BCUT2D eigenvalue weighted by Gasteiger charge is 2.31. The highest BCUT2D eigenvalue weighted by Crippen LogP contribution is 2.26. The maximum absolute atomic E-state index is 12.0. The lowest BCUT2D eigenvalue weighted by molar-refractivity contribution is -0.274. The molecule has 0 N–H and O–H groups in total. The van der Waals surface area contributed by atoms with Crippen molar-refractivity contribution >= 4 is 23.2 Å². The number of ether oxygens (including phenoxy) is 1. The molecule has 0 radical (unpaired) electrons. The van der Waals surface area contributed by atoms with Gasteiger partial charge >= 0.3 is 6.36 Å². The first-order valence-electron chi connectivity index (χ1n) is 4.95. The zero-order valence-electron chi connectivity index (χ0n) is 8.86. The highest BCUT2D eigenvalue weighted by molar-refractivity contribution is 6.18. The summed E-state index contributed by atoms with van der Waals surface area (Å²) < 4.78 is 39.8. The van der Waals surface area contributed by atoms with E-state index in [-0.39, 0.29) is 11.6 Å². The third-order valence-electron chi connectivity index (χ3n) is 2.14. The monoisotopic (exact) mass is 286 g/mol. The average molecular weight is 287 g/mol. The number of alkyl halides is 5. The zero-order valence-corrected chi connectivity index (χ0v) is 10.4. The Bertz CT molecular complexity index is 366. The van der Waals surface area contributed by atoms with Crippen LogP contribution >= 0.6 is 23.2 Å². The molecule has 6 heteroatoms. The van der Waals surface area contributed by atoms with Crippen molar-refractivity contribution in [2.45, 2.75) is 25.1 Å². The lowest BCUT2D eigenvalue weighted by Crippen LogP contribution is -2.17. The molecule has 0 atom stereocenters. The van der Waals surface area contributed by atoms with Crippen LogP contribution in [0, 0.1) is 0 Å². The van der Waals surface area contributed by atoms with Gasteiger partial charge in [-0.3, -0.25) is 0 Å². The Morgan fingerprint density at radius 3 is 2.35 bits per heavy atom. The molecular weight excluding hydrogens is 276 g/mol. The fraction of sp³-hybridized carbons (Fsp3) is 0.455. The molecule has 0 unspecified atom stereocenters. The van der Waals surface area contributed by atoms with Gasteiger partial charge in [-0.25, -0.2) is 0 Å².